The summed E-state index contributed by atoms with van der Waals surface area (Å²) in [6.45, 7) is -0.0379. The number of rotatable bonds is 7. The molecule has 2 aliphatic rings. The Morgan fingerprint density at radius 2 is 2.07 bits per heavy atom. The molecular weight excluding hydrogens is 487 g/mol. The third-order valence-corrected chi connectivity index (χ3v) is 5.59. The standard InChI is InChI=1S/C17H17IN2O6S/c18-6-7-25-17(24)14-11(21)9-27-16-13(15(23)20(14)16)19-12(22)8-26-10-4-2-1-3-5-10/h1-5,13,16,21H,6-9H2,(H,19,22)/t13?,16-/m1/s1. The summed E-state index contributed by atoms with van der Waals surface area (Å²) in [5.41, 5.74) is -0.139. The highest BCUT2D eigenvalue weighted by molar-refractivity contribution is 14.1. The van der Waals surface area contributed by atoms with Gasteiger partial charge in [0, 0.05) is 4.43 Å². The first kappa shape index (κ1) is 19.8. The number of carbonyl (C=O) groups is 3. The summed E-state index contributed by atoms with van der Waals surface area (Å²) in [7, 11) is 0. The van der Waals surface area contributed by atoms with Crippen molar-refractivity contribution in [3.63, 3.8) is 0 Å². The molecule has 2 N–H and O–H groups in total. The van der Waals surface area contributed by atoms with Gasteiger partial charge >= 0.3 is 5.97 Å². The van der Waals surface area contributed by atoms with Crippen LogP contribution in [0.2, 0.25) is 0 Å². The topological polar surface area (TPSA) is 105 Å². The third-order valence-electron chi connectivity index (χ3n) is 3.88. The number of halogens is 1. The van der Waals surface area contributed by atoms with E-state index in [2.05, 4.69) is 27.9 Å². The fourth-order valence-corrected chi connectivity index (χ4v) is 4.09. The van der Waals surface area contributed by atoms with Crippen molar-refractivity contribution in [1.82, 2.24) is 10.2 Å². The number of benzene rings is 1. The molecule has 2 atom stereocenters. The van der Waals surface area contributed by atoms with Crippen molar-refractivity contribution < 1.29 is 29.0 Å². The van der Waals surface area contributed by atoms with Crippen molar-refractivity contribution in [1.29, 1.82) is 0 Å². The average molecular weight is 504 g/mol. The van der Waals surface area contributed by atoms with E-state index in [1.165, 1.54) is 16.7 Å². The molecule has 1 aromatic carbocycles. The number of nitrogens with one attached hydrogen (secondary N) is 1. The van der Waals surface area contributed by atoms with E-state index >= 15 is 0 Å². The quantitative estimate of drug-likeness (QED) is 0.249. The Balaban J connectivity index is 1.58. The van der Waals surface area contributed by atoms with Gasteiger partial charge in [0.05, 0.1) is 5.75 Å². The number of thioether (sulfide) groups is 1. The smallest absolute Gasteiger partial charge is 0.358 e. The number of hydrogen-bond donors (Lipinski definition) is 2. The highest BCUT2D eigenvalue weighted by atomic mass is 127. The summed E-state index contributed by atoms with van der Waals surface area (Å²) in [4.78, 5) is 37.9. The fourth-order valence-electron chi connectivity index (χ4n) is 2.67. The van der Waals surface area contributed by atoms with Crippen LogP contribution in [-0.4, -0.2) is 62.6 Å². The number of fused-ring (bicyclic) bond motifs is 1. The van der Waals surface area contributed by atoms with E-state index in [-0.39, 0.29) is 30.4 Å². The maximum atomic E-state index is 12.4. The second-order valence-corrected chi connectivity index (χ2v) is 7.86. The van der Waals surface area contributed by atoms with Gasteiger partial charge in [-0.05, 0) is 12.1 Å². The van der Waals surface area contributed by atoms with Gasteiger partial charge in [-0.3, -0.25) is 14.5 Å². The average Bonchev–Trinajstić information content (AvgIpc) is 2.69. The van der Waals surface area contributed by atoms with Gasteiger partial charge in [0.25, 0.3) is 11.8 Å². The Bertz CT molecular complexity index is 772. The number of esters is 1. The molecule has 0 bridgehead atoms. The zero-order valence-corrected chi connectivity index (χ0v) is 17.1. The van der Waals surface area contributed by atoms with Crippen molar-refractivity contribution in [2.45, 2.75) is 11.4 Å². The number of aliphatic hydroxyl groups excluding tert-OH is 1. The second kappa shape index (κ2) is 8.83. The molecule has 2 amide bonds. The van der Waals surface area contributed by atoms with Gasteiger partial charge in [-0.1, -0.05) is 40.8 Å². The minimum atomic E-state index is -0.776. The summed E-state index contributed by atoms with van der Waals surface area (Å²) in [5, 5.41) is 12.2. The first-order chi connectivity index (χ1) is 13.0. The van der Waals surface area contributed by atoms with Crippen molar-refractivity contribution in [2.24, 2.45) is 0 Å². The molecule has 0 saturated carbocycles. The summed E-state index contributed by atoms with van der Waals surface area (Å²) >= 11 is 3.32. The molecule has 27 heavy (non-hydrogen) atoms. The number of aliphatic hydroxyl groups is 1. The largest absolute Gasteiger partial charge is 0.509 e. The molecule has 10 heteroatoms. The molecule has 0 aliphatic carbocycles. The van der Waals surface area contributed by atoms with Crippen molar-refractivity contribution in [3.05, 3.63) is 41.8 Å². The molecule has 1 saturated heterocycles. The van der Waals surface area contributed by atoms with Gasteiger partial charge in [0.2, 0.25) is 0 Å². The molecule has 1 fully saturated rings. The number of β-lactam (4-membered cyclic amide) rings is 1. The number of ether oxygens (including phenoxy) is 2. The summed E-state index contributed by atoms with van der Waals surface area (Å²) < 4.78 is 11.0. The zero-order valence-electron chi connectivity index (χ0n) is 14.1. The van der Waals surface area contributed by atoms with Crippen LogP contribution >= 0.6 is 34.4 Å². The molecule has 2 aliphatic heterocycles. The first-order valence-electron chi connectivity index (χ1n) is 8.10. The Kier molecular flexibility index (Phi) is 6.47. The van der Waals surface area contributed by atoms with Crippen molar-refractivity contribution >= 4 is 52.1 Å². The minimum Gasteiger partial charge on any atom is -0.509 e. The molecule has 0 aromatic heterocycles. The number of nitrogens with zero attached hydrogens (tertiary/aromatic N) is 1. The molecular formula is C17H17IN2O6S. The lowest BCUT2D eigenvalue weighted by atomic mass is 10.0. The maximum absolute atomic E-state index is 12.4. The van der Waals surface area contributed by atoms with Gasteiger partial charge in [0.1, 0.15) is 29.5 Å². The van der Waals surface area contributed by atoms with E-state index in [9.17, 15) is 19.5 Å². The Morgan fingerprint density at radius 3 is 2.78 bits per heavy atom. The van der Waals surface area contributed by atoms with Crippen LogP contribution in [0.15, 0.2) is 41.8 Å². The summed E-state index contributed by atoms with van der Waals surface area (Å²) in [6.07, 6.45) is 0. The summed E-state index contributed by atoms with van der Waals surface area (Å²) in [6, 6.07) is 8.08. The van der Waals surface area contributed by atoms with Crippen molar-refractivity contribution in [2.75, 3.05) is 23.4 Å². The number of hydrogen-bond acceptors (Lipinski definition) is 7. The number of amides is 2. The fraction of sp³-hybridized carbons (Fsp3) is 0.353. The second-order valence-electron chi connectivity index (χ2n) is 5.68. The zero-order chi connectivity index (χ0) is 19.4. The maximum Gasteiger partial charge on any atom is 0.358 e. The van der Waals surface area contributed by atoms with Crippen molar-refractivity contribution in [3.8, 4) is 5.75 Å². The van der Waals surface area contributed by atoms with Crippen LogP contribution in [0.1, 0.15) is 0 Å². The lowest BCUT2D eigenvalue weighted by Gasteiger charge is -2.48. The predicted molar refractivity (Wildman–Crippen MR) is 106 cm³/mol. The highest BCUT2D eigenvalue weighted by Gasteiger charge is 2.54. The van der Waals surface area contributed by atoms with Gasteiger partial charge in [-0.15, -0.1) is 11.8 Å². The van der Waals surface area contributed by atoms with Crippen LogP contribution < -0.4 is 10.1 Å². The SMILES string of the molecule is O=C(COc1ccccc1)NC1C(=O)N2C(C(=O)OCCI)=C(O)CS[C@H]12. The van der Waals surface area contributed by atoms with Gasteiger partial charge in [0.15, 0.2) is 12.3 Å². The molecule has 0 radical (unpaired) electrons. The predicted octanol–water partition coefficient (Wildman–Crippen LogP) is 1.21. The Hall–Kier alpha value is -1.95. The molecule has 0 spiro atoms. The highest BCUT2D eigenvalue weighted by Crippen LogP contribution is 2.39. The molecule has 1 unspecified atom stereocenters. The molecule has 144 valence electrons. The van der Waals surface area contributed by atoms with Gasteiger partial charge in [-0.25, -0.2) is 4.79 Å². The van der Waals surface area contributed by atoms with E-state index in [1.54, 1.807) is 24.3 Å². The Morgan fingerprint density at radius 1 is 1.33 bits per heavy atom. The first-order valence-corrected chi connectivity index (χ1v) is 10.7. The van der Waals surface area contributed by atoms with Gasteiger partial charge < -0.3 is 19.9 Å². The number of alkyl halides is 1. The van der Waals surface area contributed by atoms with Crippen LogP contribution in [0.5, 0.6) is 5.75 Å². The van der Waals surface area contributed by atoms with E-state index < -0.39 is 29.2 Å². The number of carbonyl (C=O) groups excluding carboxylic acids is 3. The lowest BCUT2D eigenvalue weighted by molar-refractivity contribution is -0.153. The van der Waals surface area contributed by atoms with E-state index in [0.29, 0.717) is 10.2 Å². The van der Waals surface area contributed by atoms with Crippen LogP contribution in [-0.2, 0) is 19.1 Å². The molecule has 3 rings (SSSR count). The molecule has 1 aromatic rings. The van der Waals surface area contributed by atoms with E-state index in [4.69, 9.17) is 9.47 Å². The molecule has 8 nitrogen and oxygen atoms in total. The third kappa shape index (κ3) is 4.32. The normalized spacial score (nSPS) is 21.2. The van der Waals surface area contributed by atoms with Crippen LogP contribution in [0.3, 0.4) is 0 Å². The van der Waals surface area contributed by atoms with Crippen LogP contribution in [0.25, 0.3) is 0 Å². The monoisotopic (exact) mass is 504 g/mol. The summed E-state index contributed by atoms with van der Waals surface area (Å²) in [5.74, 6) is -1.12. The Labute approximate surface area is 173 Å². The van der Waals surface area contributed by atoms with Crippen LogP contribution in [0, 0.1) is 0 Å². The van der Waals surface area contributed by atoms with Crippen LogP contribution in [0.4, 0.5) is 0 Å². The minimum absolute atomic E-state index is 0.139. The lowest BCUT2D eigenvalue weighted by Crippen LogP contribution is -2.71. The van der Waals surface area contributed by atoms with E-state index in [1.807, 2.05) is 6.07 Å². The number of para-hydroxylation sites is 1. The molecule has 2 heterocycles. The van der Waals surface area contributed by atoms with Gasteiger partial charge in [-0.2, -0.15) is 0 Å². The van der Waals surface area contributed by atoms with E-state index in [0.717, 1.165) is 0 Å².